The van der Waals surface area contributed by atoms with Gasteiger partial charge >= 0.3 is 18.4 Å². The molecule has 2 fully saturated rings. The summed E-state index contributed by atoms with van der Waals surface area (Å²) in [5, 5.41) is 24.2. The summed E-state index contributed by atoms with van der Waals surface area (Å²) in [6.07, 6.45) is -1.80. The van der Waals surface area contributed by atoms with Crippen LogP contribution in [0.5, 0.6) is 5.75 Å². The molecule has 99 heavy (non-hydrogen) atoms. The lowest BCUT2D eigenvalue weighted by Gasteiger charge is -2.40. The summed E-state index contributed by atoms with van der Waals surface area (Å²) in [6, 6.07) is 8.06. The summed E-state index contributed by atoms with van der Waals surface area (Å²) in [7, 11) is 0. The zero-order chi connectivity index (χ0) is 71.4. The minimum absolute atomic E-state index is 0.00492. The number of benzene rings is 2. The summed E-state index contributed by atoms with van der Waals surface area (Å²) >= 11 is 18.2. The predicted octanol–water partition coefficient (Wildman–Crippen LogP) is 12.2. The largest absolute Gasteiger partial charge is 0.505 e. The van der Waals surface area contributed by atoms with Gasteiger partial charge in [-0.05, 0) is 144 Å². The minimum Gasteiger partial charge on any atom is -0.505 e. The number of fused-ring (bicyclic) bond motifs is 6. The number of pyridine rings is 1. The van der Waals surface area contributed by atoms with Crippen LogP contribution in [0.15, 0.2) is 70.3 Å². The van der Waals surface area contributed by atoms with Gasteiger partial charge in [-0.25, -0.2) is 9.78 Å². The molecule has 5 aromatic heterocycles. The molecule has 4 aliphatic heterocycles. The van der Waals surface area contributed by atoms with Gasteiger partial charge in [-0.15, -0.1) is 10.2 Å². The Morgan fingerprint density at radius 3 is 1.44 bits per heavy atom. The molecule has 0 bridgehead atoms. The van der Waals surface area contributed by atoms with Crippen LogP contribution in [-0.2, 0) is 60.1 Å². The van der Waals surface area contributed by atoms with Crippen LogP contribution in [0, 0.1) is 0 Å². The molecule has 23 nitrogen and oxygen atoms in total. The van der Waals surface area contributed by atoms with Gasteiger partial charge in [-0.1, -0.05) is 74.6 Å². The van der Waals surface area contributed by atoms with Crippen molar-refractivity contribution in [3.63, 3.8) is 0 Å². The van der Waals surface area contributed by atoms with Crippen LogP contribution in [-0.4, -0.2) is 140 Å². The number of ether oxygens (including phenoxy) is 3. The number of amides is 4. The normalized spacial score (nSPS) is 18.8. The first-order valence-corrected chi connectivity index (χ1v) is 33.5. The van der Waals surface area contributed by atoms with E-state index in [1.807, 2.05) is 60.6 Å². The molecule has 0 radical (unpaired) electrons. The number of alkyl halides is 6. The lowest BCUT2D eigenvalue weighted by Crippen LogP contribution is -2.48. The first kappa shape index (κ1) is 71.9. The molecule has 9 heterocycles. The number of piperidine rings is 2. The number of halogens is 9. The molecule has 13 rings (SSSR count). The van der Waals surface area contributed by atoms with Gasteiger partial charge in [0.05, 0.1) is 59.0 Å². The molecule has 528 valence electrons. The quantitative estimate of drug-likeness (QED) is 0.0896. The van der Waals surface area contributed by atoms with Crippen molar-refractivity contribution in [1.29, 1.82) is 0 Å². The average molecular weight is 1440 g/mol. The number of hydrogen-bond acceptors (Lipinski definition) is 15. The smallest absolute Gasteiger partial charge is 0.416 e. The van der Waals surface area contributed by atoms with Crippen LogP contribution >= 0.6 is 34.8 Å². The van der Waals surface area contributed by atoms with Crippen LogP contribution < -0.4 is 21.8 Å². The fraction of sp³-hybridized carbons (Fsp3) is 0.478. The van der Waals surface area contributed by atoms with E-state index in [-0.39, 0.29) is 98.7 Å². The van der Waals surface area contributed by atoms with Crippen molar-refractivity contribution in [2.45, 2.75) is 154 Å². The van der Waals surface area contributed by atoms with E-state index >= 15 is 0 Å². The van der Waals surface area contributed by atoms with Crippen molar-refractivity contribution in [2.24, 2.45) is 0 Å². The highest BCUT2D eigenvalue weighted by atomic mass is 35.5. The Balaban J connectivity index is 0.000000196. The summed E-state index contributed by atoms with van der Waals surface area (Å²) in [4.78, 5) is 98.6. The standard InChI is InChI=1S/C33H30Cl2F3N7O5.C32H36ClF3N6O5.C2H6/c1-17-15-32(8-10-43(11-9-32)30(49)26-22(46)4-5-23(35)40-26)25-27(17)44(16-24(47)39-21-3-2-19(14-20(21)34)33(36,37)38)31-41-28(42-45(31)29(25)48)18-6-12-50-13-7-18;1-18-16-31(9-11-40(12-10-31)29(45)47-30(2,3)4)24-25(18)41(17-23(43)37-22-6-5-20(15-21(22)33)32(34,35)36)28-38-26(39-42(28)27(24)44)19-7-13-46-14-8-19;1-2/h2-6,14,17,46H,7-13,15-16H2,1H3,(H,39,47);5-7,15,18H,8-14,16-17H2,1-4H3,(H,37,43);1-2H3/t17-;18-;/m00./s1. The van der Waals surface area contributed by atoms with E-state index in [1.54, 1.807) is 18.9 Å². The first-order valence-electron chi connectivity index (χ1n) is 32.4. The number of carbonyl (C=O) groups is 4. The van der Waals surface area contributed by atoms with Crippen molar-refractivity contribution in [2.75, 3.05) is 63.2 Å². The Labute approximate surface area is 578 Å². The minimum atomic E-state index is -4.61. The Morgan fingerprint density at radius 2 is 1.06 bits per heavy atom. The molecule has 0 unspecified atom stereocenters. The monoisotopic (exact) mass is 1440 g/mol. The SMILES string of the molecule is CC.C[C@H]1CC2(CCN(C(=O)OC(C)(C)C)CC2)c2c1n(CC(=O)Nc1ccc(C(F)(F)F)cc1Cl)c1nc(C3=CCOCC3)nn1c2=O.C[C@H]1CC2(CCN(C(=O)c3nc(Cl)ccc3O)CC2)c2c1n(CC(=O)Nc1ccc(C(F)(F)F)cc1Cl)c1nc(C3=CCOCC3)nn1c2=O. The molecule has 3 N–H and O–H groups in total. The summed E-state index contributed by atoms with van der Waals surface area (Å²) in [5.74, 6) is -1.30. The number of aromatic hydroxyl groups is 1. The molecule has 7 aromatic rings. The van der Waals surface area contributed by atoms with Crippen molar-refractivity contribution < 1.29 is 64.8 Å². The Kier molecular flexibility index (Phi) is 20.3. The maximum atomic E-state index is 14.4. The van der Waals surface area contributed by atoms with E-state index in [1.165, 1.54) is 21.2 Å². The number of likely N-dealkylation sites (tertiary alicyclic amines) is 2. The molecule has 2 atom stereocenters. The number of rotatable bonds is 9. The van der Waals surface area contributed by atoms with E-state index in [9.17, 15) is 60.2 Å². The number of nitrogens with one attached hydrogen (secondary N) is 2. The number of nitrogens with zero attached hydrogens (tertiary/aromatic N) is 11. The van der Waals surface area contributed by atoms with E-state index in [0.717, 1.165) is 47.5 Å². The zero-order valence-corrected chi connectivity index (χ0v) is 57.4. The van der Waals surface area contributed by atoms with E-state index in [4.69, 9.17) is 59.0 Å². The maximum Gasteiger partial charge on any atom is 0.416 e. The molecule has 2 spiro atoms. The third-order valence-electron chi connectivity index (χ3n) is 18.6. The highest BCUT2D eigenvalue weighted by molar-refractivity contribution is 6.34. The van der Waals surface area contributed by atoms with Crippen LogP contribution in [0.25, 0.3) is 22.7 Å². The van der Waals surface area contributed by atoms with Crippen molar-refractivity contribution in [3.05, 3.63) is 148 Å². The summed E-state index contributed by atoms with van der Waals surface area (Å²) in [6.45, 7) is 15.7. The van der Waals surface area contributed by atoms with Gasteiger partial charge in [0.25, 0.3) is 17.0 Å². The van der Waals surface area contributed by atoms with Gasteiger partial charge in [-0.2, -0.15) is 45.3 Å². The van der Waals surface area contributed by atoms with Crippen LogP contribution in [0.3, 0.4) is 0 Å². The van der Waals surface area contributed by atoms with Gasteiger partial charge in [0, 0.05) is 59.5 Å². The first-order chi connectivity index (χ1) is 46.8. The van der Waals surface area contributed by atoms with Crippen molar-refractivity contribution >= 4 is 92.7 Å². The summed E-state index contributed by atoms with van der Waals surface area (Å²) in [5.41, 5.74) is -0.719. The predicted molar refractivity (Wildman–Crippen MR) is 355 cm³/mol. The molecular formula is C67H72Cl3F6N13O10. The van der Waals surface area contributed by atoms with Crippen molar-refractivity contribution in [3.8, 4) is 5.75 Å². The molecule has 0 saturated carbocycles. The molecule has 2 saturated heterocycles. The zero-order valence-electron chi connectivity index (χ0n) is 55.1. The Morgan fingerprint density at radius 1 is 0.636 bits per heavy atom. The molecular weight excluding hydrogens is 1370 g/mol. The van der Waals surface area contributed by atoms with Crippen LogP contribution in [0.4, 0.5) is 42.5 Å². The van der Waals surface area contributed by atoms with Gasteiger partial charge in [0.15, 0.2) is 17.3 Å². The van der Waals surface area contributed by atoms with Gasteiger partial charge in [-0.3, -0.25) is 24.0 Å². The fourth-order valence-electron chi connectivity index (χ4n) is 14.3. The van der Waals surface area contributed by atoms with Crippen LogP contribution in [0.1, 0.15) is 167 Å². The Bertz CT molecular complexity index is 4540. The highest BCUT2D eigenvalue weighted by Gasteiger charge is 2.51. The van der Waals surface area contributed by atoms with E-state index in [0.29, 0.717) is 125 Å². The maximum absolute atomic E-state index is 14.4. The number of carbonyl (C=O) groups excluding carboxylic acids is 4. The third-order valence-corrected chi connectivity index (χ3v) is 19.5. The lowest BCUT2D eigenvalue weighted by molar-refractivity contribution is -0.138. The topological polar surface area (TPSA) is 264 Å². The second-order valence-corrected chi connectivity index (χ2v) is 27.4. The van der Waals surface area contributed by atoms with Gasteiger partial charge in [0.1, 0.15) is 29.6 Å². The highest BCUT2D eigenvalue weighted by Crippen LogP contribution is 2.52. The lowest BCUT2D eigenvalue weighted by atomic mass is 9.73. The molecule has 4 amide bonds. The second-order valence-electron chi connectivity index (χ2n) is 26.2. The van der Waals surface area contributed by atoms with E-state index in [2.05, 4.69) is 25.8 Å². The molecule has 2 aliphatic carbocycles. The number of aromatic nitrogens is 9. The third kappa shape index (κ3) is 14.5. The summed E-state index contributed by atoms with van der Waals surface area (Å²) < 4.78 is 101. The van der Waals surface area contributed by atoms with Gasteiger partial charge in [0.2, 0.25) is 23.4 Å². The average Bonchev–Trinajstić information content (AvgIpc) is 1.57. The molecule has 2 aromatic carbocycles. The molecule has 6 aliphatic rings. The van der Waals surface area contributed by atoms with Crippen LogP contribution in [0.2, 0.25) is 15.2 Å². The molecule has 32 heteroatoms. The number of hydrogen-bond donors (Lipinski definition) is 3. The fourth-order valence-corrected chi connectivity index (χ4v) is 14.9. The second kappa shape index (κ2) is 28.0. The van der Waals surface area contributed by atoms with E-state index < -0.39 is 63.7 Å². The van der Waals surface area contributed by atoms with Gasteiger partial charge < -0.3 is 48.9 Å². The Hall–Kier alpha value is -8.38. The van der Waals surface area contributed by atoms with Crippen molar-refractivity contribution in [1.82, 2.24) is 53.1 Å². The number of anilines is 2.